The molecule has 2 aromatic rings. The third kappa shape index (κ3) is 3.49. The normalized spacial score (nSPS) is 21.4. The van der Waals surface area contributed by atoms with Gasteiger partial charge in [-0.25, -0.2) is 9.78 Å². The third-order valence-electron chi connectivity index (χ3n) is 5.81. The Balaban J connectivity index is 1.42. The summed E-state index contributed by atoms with van der Waals surface area (Å²) in [6.45, 7) is 8.42. The number of pyridine rings is 1. The van der Waals surface area contributed by atoms with E-state index >= 15 is 0 Å². The average molecular weight is 407 g/mol. The second-order valence-corrected chi connectivity index (χ2v) is 8.04. The molecule has 4 rings (SSSR count). The number of carbonyl (C=O) groups excluding carboxylic acids is 3. The Bertz CT molecular complexity index is 1010. The predicted molar refractivity (Wildman–Crippen MR) is 112 cm³/mol. The first-order valence-electron chi connectivity index (χ1n) is 9.99. The van der Waals surface area contributed by atoms with Gasteiger partial charge in [0.2, 0.25) is 0 Å². The van der Waals surface area contributed by atoms with Crippen LogP contribution in [-0.4, -0.2) is 53.9 Å². The fraction of sp³-hybridized carbons (Fsp3) is 0.364. The number of hydrogen-bond donors (Lipinski definition) is 2. The minimum Gasteiger partial charge on any atom is -0.353 e. The van der Waals surface area contributed by atoms with E-state index in [1.54, 1.807) is 31.2 Å². The first-order chi connectivity index (χ1) is 14.3. The predicted octanol–water partition coefficient (Wildman–Crippen LogP) is 1.72. The number of aryl methyl sites for hydroxylation is 2. The van der Waals surface area contributed by atoms with Gasteiger partial charge in [-0.1, -0.05) is 18.2 Å². The summed E-state index contributed by atoms with van der Waals surface area (Å²) in [6.07, 6.45) is 1.87. The molecule has 0 bridgehead atoms. The van der Waals surface area contributed by atoms with Crippen molar-refractivity contribution in [1.29, 1.82) is 0 Å². The fourth-order valence-corrected chi connectivity index (χ4v) is 4.04. The van der Waals surface area contributed by atoms with Crippen LogP contribution in [0.1, 0.15) is 34.0 Å². The number of urea groups is 1. The largest absolute Gasteiger partial charge is 0.353 e. The van der Waals surface area contributed by atoms with Crippen molar-refractivity contribution in [2.75, 3.05) is 31.1 Å². The smallest absolute Gasteiger partial charge is 0.322 e. The highest BCUT2D eigenvalue weighted by atomic mass is 16.2. The average Bonchev–Trinajstić information content (AvgIpc) is 3.00. The van der Waals surface area contributed by atoms with Crippen LogP contribution in [0.3, 0.4) is 0 Å². The number of benzene rings is 1. The van der Waals surface area contributed by atoms with E-state index < -0.39 is 17.5 Å². The van der Waals surface area contributed by atoms with Crippen molar-refractivity contribution in [2.24, 2.45) is 0 Å². The number of nitrogens with zero attached hydrogens (tertiary/aromatic N) is 3. The van der Waals surface area contributed by atoms with Crippen molar-refractivity contribution in [3.63, 3.8) is 0 Å². The molecule has 2 N–H and O–H groups in total. The zero-order valence-electron chi connectivity index (χ0n) is 17.4. The molecule has 0 unspecified atom stereocenters. The number of rotatable bonds is 3. The van der Waals surface area contributed by atoms with E-state index in [4.69, 9.17) is 0 Å². The number of amides is 4. The summed E-state index contributed by atoms with van der Waals surface area (Å²) in [7, 11) is 0. The molecule has 3 heterocycles. The zero-order valence-corrected chi connectivity index (χ0v) is 17.4. The second-order valence-electron chi connectivity index (χ2n) is 8.04. The van der Waals surface area contributed by atoms with E-state index in [1.165, 1.54) is 0 Å². The summed E-state index contributed by atoms with van der Waals surface area (Å²) in [5.41, 5.74) is 2.35. The van der Waals surface area contributed by atoms with Crippen LogP contribution < -0.4 is 15.5 Å². The van der Waals surface area contributed by atoms with Crippen molar-refractivity contribution in [3.8, 4) is 0 Å². The third-order valence-corrected chi connectivity index (χ3v) is 5.81. The molecule has 8 heteroatoms. The van der Waals surface area contributed by atoms with Crippen molar-refractivity contribution >= 4 is 23.7 Å². The summed E-state index contributed by atoms with van der Waals surface area (Å²) >= 11 is 0. The maximum Gasteiger partial charge on any atom is 0.322 e. The molecule has 1 aromatic heterocycles. The summed E-state index contributed by atoms with van der Waals surface area (Å²) in [5.74, 6) is 0.532. The highest BCUT2D eigenvalue weighted by Crippen LogP contribution is 2.25. The van der Waals surface area contributed by atoms with Gasteiger partial charge < -0.3 is 15.1 Å². The van der Waals surface area contributed by atoms with Crippen LogP contribution in [0.15, 0.2) is 36.5 Å². The lowest BCUT2D eigenvalue weighted by Gasteiger charge is -2.36. The standard InChI is InChI=1S/C22H25N5O3/c1-14-12-15(2)18(23-13-14)26-8-10-27(11-9-26)19(28)16-4-6-17(7-5-16)22(3)20(29)24-21(30)25-22/h4-7,12-13H,8-11H2,1-3H3,(H2,24,25,29,30)/t22-/m1/s1. The Morgan fingerprint density at radius 1 is 1.07 bits per heavy atom. The second kappa shape index (κ2) is 7.44. The van der Waals surface area contributed by atoms with Gasteiger partial charge in [0.15, 0.2) is 0 Å². The molecule has 8 nitrogen and oxygen atoms in total. The van der Waals surface area contributed by atoms with Crippen LogP contribution in [0.2, 0.25) is 0 Å². The van der Waals surface area contributed by atoms with Crippen molar-refractivity contribution in [3.05, 3.63) is 58.8 Å². The van der Waals surface area contributed by atoms with Crippen LogP contribution in [0, 0.1) is 13.8 Å². The molecule has 0 spiro atoms. The van der Waals surface area contributed by atoms with Crippen molar-refractivity contribution in [1.82, 2.24) is 20.5 Å². The van der Waals surface area contributed by atoms with E-state index in [9.17, 15) is 14.4 Å². The SMILES string of the molecule is Cc1cnc(N2CCN(C(=O)c3ccc([C@@]4(C)NC(=O)NC4=O)cc3)CC2)c(C)c1. The van der Waals surface area contributed by atoms with Crippen LogP contribution in [0.5, 0.6) is 0 Å². The lowest BCUT2D eigenvalue weighted by molar-refractivity contribution is -0.123. The zero-order chi connectivity index (χ0) is 21.5. The Kier molecular flexibility index (Phi) is 4.93. The molecule has 1 atom stereocenters. The lowest BCUT2D eigenvalue weighted by Crippen LogP contribution is -2.49. The van der Waals surface area contributed by atoms with Crippen molar-refractivity contribution in [2.45, 2.75) is 26.3 Å². The van der Waals surface area contributed by atoms with E-state index in [0.29, 0.717) is 24.2 Å². The molecule has 2 aliphatic rings. The molecule has 30 heavy (non-hydrogen) atoms. The summed E-state index contributed by atoms with van der Waals surface area (Å²) in [4.78, 5) is 45.1. The molecule has 2 saturated heterocycles. The lowest BCUT2D eigenvalue weighted by atomic mass is 9.91. The van der Waals surface area contributed by atoms with Gasteiger partial charge in [-0.3, -0.25) is 14.9 Å². The van der Waals surface area contributed by atoms with E-state index in [2.05, 4.69) is 33.5 Å². The molecular formula is C22H25N5O3. The number of piperazine rings is 1. The van der Waals surface area contributed by atoms with Gasteiger partial charge in [0.25, 0.3) is 11.8 Å². The van der Waals surface area contributed by atoms with Crippen molar-refractivity contribution < 1.29 is 14.4 Å². The fourth-order valence-electron chi connectivity index (χ4n) is 4.04. The van der Waals surface area contributed by atoms with Gasteiger partial charge >= 0.3 is 6.03 Å². The molecule has 0 radical (unpaired) electrons. The van der Waals surface area contributed by atoms with Gasteiger partial charge in [-0.05, 0) is 49.6 Å². The van der Waals surface area contributed by atoms with Gasteiger partial charge in [-0.2, -0.15) is 0 Å². The number of aromatic nitrogens is 1. The minimum atomic E-state index is -1.12. The minimum absolute atomic E-state index is 0.0418. The molecule has 2 aliphatic heterocycles. The Morgan fingerprint density at radius 2 is 1.73 bits per heavy atom. The summed E-state index contributed by atoms with van der Waals surface area (Å²) in [6, 6.07) is 8.45. The Hall–Kier alpha value is -3.42. The molecule has 4 amide bonds. The summed E-state index contributed by atoms with van der Waals surface area (Å²) < 4.78 is 0. The molecule has 0 aliphatic carbocycles. The van der Waals surface area contributed by atoms with Gasteiger partial charge in [-0.15, -0.1) is 0 Å². The number of carbonyl (C=O) groups is 3. The molecule has 156 valence electrons. The first kappa shape index (κ1) is 19.9. The van der Waals surface area contributed by atoms with Gasteiger partial charge in [0.05, 0.1) is 0 Å². The van der Waals surface area contributed by atoms with Gasteiger partial charge in [0.1, 0.15) is 11.4 Å². The number of imide groups is 1. The quantitative estimate of drug-likeness (QED) is 0.756. The maximum absolute atomic E-state index is 12.9. The number of nitrogens with one attached hydrogen (secondary N) is 2. The van der Waals surface area contributed by atoms with Gasteiger partial charge in [0, 0.05) is 37.9 Å². The summed E-state index contributed by atoms with van der Waals surface area (Å²) in [5, 5.41) is 4.88. The van der Waals surface area contributed by atoms with E-state index in [0.717, 1.165) is 30.0 Å². The van der Waals surface area contributed by atoms with E-state index in [-0.39, 0.29) is 5.91 Å². The molecule has 0 saturated carbocycles. The number of hydrogen-bond acceptors (Lipinski definition) is 5. The van der Waals surface area contributed by atoms with Crippen LogP contribution in [-0.2, 0) is 10.3 Å². The molecular weight excluding hydrogens is 382 g/mol. The first-order valence-corrected chi connectivity index (χ1v) is 9.99. The van der Waals surface area contributed by atoms with Crippen LogP contribution in [0.25, 0.3) is 0 Å². The highest BCUT2D eigenvalue weighted by molar-refractivity contribution is 6.07. The van der Waals surface area contributed by atoms with E-state index in [1.807, 2.05) is 18.0 Å². The molecule has 1 aromatic carbocycles. The number of anilines is 1. The van der Waals surface area contributed by atoms with Crippen LogP contribution in [0.4, 0.5) is 10.6 Å². The monoisotopic (exact) mass is 407 g/mol. The Labute approximate surface area is 175 Å². The highest BCUT2D eigenvalue weighted by Gasteiger charge is 2.43. The van der Waals surface area contributed by atoms with Crippen LogP contribution >= 0.6 is 0 Å². The maximum atomic E-state index is 12.9. The Morgan fingerprint density at radius 3 is 2.30 bits per heavy atom. The topological polar surface area (TPSA) is 94.6 Å². The molecule has 2 fully saturated rings.